The second-order valence-corrected chi connectivity index (χ2v) is 5.03. The molecular weight excluding hydrogens is 265 g/mol. The van der Waals surface area contributed by atoms with Crippen LogP contribution in [-0.4, -0.2) is 13.7 Å². The molecule has 0 fully saturated rings. The summed E-state index contributed by atoms with van der Waals surface area (Å²) >= 11 is 0. The molecule has 0 spiro atoms. The summed E-state index contributed by atoms with van der Waals surface area (Å²) in [6.45, 7) is 2.89. The Morgan fingerprint density at radius 1 is 1.10 bits per heavy atom. The minimum Gasteiger partial charge on any atom is -0.497 e. The molecule has 2 aromatic carbocycles. The molecule has 2 nitrogen and oxygen atoms in total. The third kappa shape index (κ3) is 4.30. The van der Waals surface area contributed by atoms with Gasteiger partial charge < -0.3 is 10.1 Å². The maximum atomic E-state index is 13.8. The lowest BCUT2D eigenvalue weighted by atomic mass is 10.0. The average molecular weight is 287 g/mol. The Morgan fingerprint density at radius 3 is 2.43 bits per heavy atom. The highest BCUT2D eigenvalue weighted by Crippen LogP contribution is 2.19. The predicted octanol–water partition coefficient (Wildman–Crippen LogP) is 4.12. The number of ether oxygens (including phenoxy) is 1. The lowest BCUT2D eigenvalue weighted by Crippen LogP contribution is -2.24. The van der Waals surface area contributed by atoms with E-state index < -0.39 is 0 Å². The molecule has 2 aromatic rings. The van der Waals surface area contributed by atoms with Gasteiger partial charge in [-0.15, -0.1) is 0 Å². The van der Waals surface area contributed by atoms with Gasteiger partial charge in [-0.3, -0.25) is 0 Å². The highest BCUT2D eigenvalue weighted by molar-refractivity contribution is 5.27. The molecule has 112 valence electrons. The standard InChI is InChI=1S/C18H22FNO/c1-3-18(16-6-4-5-7-17(16)19)20-13-12-14-8-10-15(21-2)11-9-14/h4-11,18,20H,3,12-13H2,1-2H3. The average Bonchev–Trinajstić information content (AvgIpc) is 2.53. The van der Waals surface area contributed by atoms with Gasteiger partial charge in [-0.2, -0.15) is 0 Å². The number of nitrogens with one attached hydrogen (secondary N) is 1. The van der Waals surface area contributed by atoms with Gasteiger partial charge in [0.15, 0.2) is 0 Å². The van der Waals surface area contributed by atoms with Crippen molar-refractivity contribution < 1.29 is 9.13 Å². The van der Waals surface area contributed by atoms with E-state index in [1.165, 1.54) is 11.6 Å². The van der Waals surface area contributed by atoms with Crippen LogP contribution in [0.3, 0.4) is 0 Å². The molecule has 0 aliphatic heterocycles. The van der Waals surface area contributed by atoms with Crippen LogP contribution in [0.2, 0.25) is 0 Å². The highest BCUT2D eigenvalue weighted by Gasteiger charge is 2.12. The lowest BCUT2D eigenvalue weighted by Gasteiger charge is -2.18. The Hall–Kier alpha value is -1.87. The van der Waals surface area contributed by atoms with Crippen molar-refractivity contribution in [1.82, 2.24) is 5.32 Å². The maximum absolute atomic E-state index is 13.8. The predicted molar refractivity (Wildman–Crippen MR) is 84.1 cm³/mol. The third-order valence-electron chi connectivity index (χ3n) is 3.65. The summed E-state index contributed by atoms with van der Waals surface area (Å²) in [5, 5.41) is 3.43. The van der Waals surface area contributed by atoms with Gasteiger partial charge in [0.1, 0.15) is 11.6 Å². The van der Waals surface area contributed by atoms with Gasteiger partial charge in [0.2, 0.25) is 0 Å². The molecule has 0 saturated heterocycles. The van der Waals surface area contributed by atoms with Gasteiger partial charge >= 0.3 is 0 Å². The van der Waals surface area contributed by atoms with Crippen LogP contribution < -0.4 is 10.1 Å². The Morgan fingerprint density at radius 2 is 1.81 bits per heavy atom. The molecular formula is C18H22FNO. The van der Waals surface area contributed by atoms with Crippen molar-refractivity contribution in [2.75, 3.05) is 13.7 Å². The molecule has 2 rings (SSSR count). The SMILES string of the molecule is CCC(NCCc1ccc(OC)cc1)c1ccccc1F. The van der Waals surface area contributed by atoms with Crippen LogP contribution >= 0.6 is 0 Å². The van der Waals surface area contributed by atoms with Gasteiger partial charge in [0, 0.05) is 11.6 Å². The summed E-state index contributed by atoms with van der Waals surface area (Å²) in [5.41, 5.74) is 1.99. The maximum Gasteiger partial charge on any atom is 0.127 e. The van der Waals surface area contributed by atoms with E-state index in [0.29, 0.717) is 0 Å². The zero-order valence-electron chi connectivity index (χ0n) is 12.6. The first-order chi connectivity index (χ1) is 10.2. The van der Waals surface area contributed by atoms with Crippen LogP contribution in [0.1, 0.15) is 30.5 Å². The molecule has 0 radical (unpaired) electrons. The second kappa shape index (κ2) is 7.79. The summed E-state index contributed by atoms with van der Waals surface area (Å²) in [5.74, 6) is 0.728. The van der Waals surface area contributed by atoms with Crippen molar-refractivity contribution in [1.29, 1.82) is 0 Å². The second-order valence-electron chi connectivity index (χ2n) is 5.03. The van der Waals surface area contributed by atoms with Crippen molar-refractivity contribution in [3.8, 4) is 5.75 Å². The quantitative estimate of drug-likeness (QED) is 0.827. The zero-order valence-corrected chi connectivity index (χ0v) is 12.6. The van der Waals surface area contributed by atoms with Gasteiger partial charge in [-0.1, -0.05) is 37.3 Å². The van der Waals surface area contributed by atoms with Crippen LogP contribution in [0.4, 0.5) is 4.39 Å². The smallest absolute Gasteiger partial charge is 0.127 e. The molecule has 0 aromatic heterocycles. The summed E-state index contributed by atoms with van der Waals surface area (Å²) in [6, 6.07) is 15.1. The fourth-order valence-corrected chi connectivity index (χ4v) is 2.41. The monoisotopic (exact) mass is 287 g/mol. The number of rotatable bonds is 7. The van der Waals surface area contributed by atoms with Crippen LogP contribution in [0.25, 0.3) is 0 Å². The summed E-state index contributed by atoms with van der Waals surface area (Å²) < 4.78 is 18.9. The van der Waals surface area contributed by atoms with Gasteiger partial charge in [-0.05, 0) is 43.1 Å². The van der Waals surface area contributed by atoms with E-state index in [1.807, 2.05) is 24.3 Å². The van der Waals surface area contributed by atoms with E-state index in [9.17, 15) is 4.39 Å². The molecule has 3 heteroatoms. The first-order valence-corrected chi connectivity index (χ1v) is 7.35. The number of benzene rings is 2. The van der Waals surface area contributed by atoms with Gasteiger partial charge in [0.25, 0.3) is 0 Å². The van der Waals surface area contributed by atoms with E-state index >= 15 is 0 Å². The molecule has 1 atom stereocenters. The first kappa shape index (κ1) is 15.5. The minimum atomic E-state index is -0.138. The topological polar surface area (TPSA) is 21.3 Å². The molecule has 0 saturated carbocycles. The lowest BCUT2D eigenvalue weighted by molar-refractivity contribution is 0.414. The minimum absolute atomic E-state index is 0.0597. The fraction of sp³-hybridized carbons (Fsp3) is 0.333. The van der Waals surface area contributed by atoms with E-state index in [-0.39, 0.29) is 11.9 Å². The molecule has 0 bridgehead atoms. The zero-order chi connectivity index (χ0) is 15.1. The van der Waals surface area contributed by atoms with Crippen LogP contribution in [-0.2, 0) is 6.42 Å². The number of methoxy groups -OCH3 is 1. The van der Waals surface area contributed by atoms with Gasteiger partial charge in [0.05, 0.1) is 7.11 Å². The summed E-state index contributed by atoms with van der Waals surface area (Å²) in [4.78, 5) is 0. The van der Waals surface area contributed by atoms with Crippen molar-refractivity contribution in [3.63, 3.8) is 0 Å². The molecule has 0 amide bonds. The Labute approximate surface area is 126 Å². The summed E-state index contributed by atoms with van der Waals surface area (Å²) in [6.07, 6.45) is 1.78. The van der Waals surface area contributed by atoms with Crippen molar-refractivity contribution >= 4 is 0 Å². The Kier molecular flexibility index (Phi) is 5.76. The first-order valence-electron chi connectivity index (χ1n) is 7.35. The van der Waals surface area contributed by atoms with Crippen molar-refractivity contribution in [2.45, 2.75) is 25.8 Å². The Bertz CT molecular complexity index is 553. The van der Waals surface area contributed by atoms with Crippen LogP contribution in [0, 0.1) is 5.82 Å². The largest absolute Gasteiger partial charge is 0.497 e. The van der Waals surface area contributed by atoms with Crippen LogP contribution in [0.15, 0.2) is 48.5 Å². The van der Waals surface area contributed by atoms with Crippen LogP contribution in [0.5, 0.6) is 5.75 Å². The van der Waals surface area contributed by atoms with E-state index in [4.69, 9.17) is 4.74 Å². The van der Waals surface area contributed by atoms with E-state index in [0.717, 1.165) is 30.7 Å². The molecule has 0 aliphatic carbocycles. The van der Waals surface area contributed by atoms with Crippen molar-refractivity contribution in [3.05, 3.63) is 65.5 Å². The number of hydrogen-bond donors (Lipinski definition) is 1. The van der Waals surface area contributed by atoms with Crippen molar-refractivity contribution in [2.24, 2.45) is 0 Å². The summed E-state index contributed by atoms with van der Waals surface area (Å²) in [7, 11) is 1.66. The fourth-order valence-electron chi connectivity index (χ4n) is 2.41. The number of halogens is 1. The Balaban J connectivity index is 1.90. The van der Waals surface area contributed by atoms with E-state index in [1.54, 1.807) is 13.2 Å². The highest BCUT2D eigenvalue weighted by atomic mass is 19.1. The van der Waals surface area contributed by atoms with Gasteiger partial charge in [-0.25, -0.2) is 4.39 Å². The molecule has 0 heterocycles. The van der Waals surface area contributed by atoms with E-state index in [2.05, 4.69) is 24.4 Å². The molecule has 0 aliphatic rings. The molecule has 1 N–H and O–H groups in total. The normalized spacial score (nSPS) is 12.1. The molecule has 1 unspecified atom stereocenters. The molecule has 21 heavy (non-hydrogen) atoms. The number of hydrogen-bond acceptors (Lipinski definition) is 2. The third-order valence-corrected chi connectivity index (χ3v) is 3.65.